The van der Waals surface area contributed by atoms with E-state index in [4.69, 9.17) is 19.4 Å². The Hall–Kier alpha value is -4.19. The molecule has 5 rings (SSSR count). The predicted octanol–water partition coefficient (Wildman–Crippen LogP) is 6.26. The van der Waals surface area contributed by atoms with Gasteiger partial charge in [-0.25, -0.2) is 19.6 Å². The van der Waals surface area contributed by atoms with E-state index in [1.54, 1.807) is 28.9 Å². The number of carbonyl (C=O) groups excluding carboxylic acids is 2. The molecule has 0 atom stereocenters. The van der Waals surface area contributed by atoms with Crippen molar-refractivity contribution in [2.75, 3.05) is 25.0 Å². The summed E-state index contributed by atoms with van der Waals surface area (Å²) in [5, 5.41) is 8.53. The number of thiophene rings is 1. The van der Waals surface area contributed by atoms with E-state index >= 15 is 0 Å². The molecule has 0 radical (unpaired) electrons. The fraction of sp³-hybridized carbons (Fsp3) is 0.433. The number of esters is 1. The number of rotatable bonds is 7. The number of hydrogen-bond donors (Lipinski definition) is 1. The molecule has 1 aliphatic heterocycles. The molecule has 222 valence electrons. The average Bonchev–Trinajstić information content (AvgIpc) is 3.66. The molecular weight excluding hydrogens is 554 g/mol. The number of imidazole rings is 1. The summed E-state index contributed by atoms with van der Waals surface area (Å²) in [7, 11) is 1.87. The number of amides is 1. The number of nitrogens with one attached hydrogen (secondary N) is 1. The minimum Gasteiger partial charge on any atom is -0.462 e. The molecular formula is C30H37N7O4S. The lowest BCUT2D eigenvalue weighted by Crippen LogP contribution is -2.39. The van der Waals surface area contributed by atoms with Crippen LogP contribution in [0.15, 0.2) is 36.9 Å². The summed E-state index contributed by atoms with van der Waals surface area (Å²) in [6.45, 7) is 12.7. The minimum atomic E-state index is -0.583. The molecule has 0 bridgehead atoms. The van der Waals surface area contributed by atoms with Crippen molar-refractivity contribution in [2.24, 2.45) is 7.05 Å². The van der Waals surface area contributed by atoms with Crippen LogP contribution < -0.4 is 5.32 Å². The van der Waals surface area contributed by atoms with Gasteiger partial charge in [0.05, 0.1) is 41.9 Å². The molecule has 12 heteroatoms. The Morgan fingerprint density at radius 1 is 1.19 bits per heavy atom. The van der Waals surface area contributed by atoms with Gasteiger partial charge in [-0.05, 0) is 57.2 Å². The molecule has 0 fully saturated rings. The lowest BCUT2D eigenvalue weighted by atomic mass is 10.0. The van der Waals surface area contributed by atoms with E-state index in [0.29, 0.717) is 48.2 Å². The fourth-order valence-corrected chi connectivity index (χ4v) is 5.88. The summed E-state index contributed by atoms with van der Waals surface area (Å²) in [6.07, 6.45) is 9.91. The van der Waals surface area contributed by atoms with E-state index in [9.17, 15) is 9.59 Å². The van der Waals surface area contributed by atoms with E-state index in [1.807, 2.05) is 64.5 Å². The summed E-state index contributed by atoms with van der Waals surface area (Å²) >= 11 is 1.34. The van der Waals surface area contributed by atoms with Crippen molar-refractivity contribution in [1.82, 2.24) is 29.0 Å². The lowest BCUT2D eigenvalue weighted by Gasteiger charge is -2.30. The van der Waals surface area contributed by atoms with Gasteiger partial charge in [0.25, 0.3) is 0 Å². The normalized spacial score (nSPS) is 13.9. The van der Waals surface area contributed by atoms with Crippen LogP contribution in [0.1, 0.15) is 74.8 Å². The second-order valence-electron chi connectivity index (χ2n) is 11.5. The van der Waals surface area contributed by atoms with Gasteiger partial charge >= 0.3 is 12.1 Å². The summed E-state index contributed by atoms with van der Waals surface area (Å²) in [5.41, 5.74) is 4.32. The van der Waals surface area contributed by atoms with Crippen molar-refractivity contribution >= 4 is 45.4 Å². The Labute approximate surface area is 249 Å². The zero-order valence-electron chi connectivity index (χ0n) is 25.1. The summed E-state index contributed by atoms with van der Waals surface area (Å²) in [4.78, 5) is 37.6. The Kier molecular flexibility index (Phi) is 8.09. The standard InChI is InChI=1S/C30H37N7O4S/c1-8-40-28(38)25-21(18(2)3)12-24(42-25)34-26-27-31-14-23(20-13-32-35(7)15-20)37(27)17-22(33-26)19-10-9-11-36(16-19)29(39)41-30(4,5)6/h10,12-15,17-18H,8-9,11,16H2,1-7H3,(H,33,34). The highest BCUT2D eigenvalue weighted by atomic mass is 32.1. The highest BCUT2D eigenvalue weighted by molar-refractivity contribution is 7.18. The number of anilines is 2. The van der Waals surface area contributed by atoms with Crippen LogP contribution in [0.4, 0.5) is 15.6 Å². The Balaban J connectivity index is 1.57. The zero-order chi connectivity index (χ0) is 30.2. The lowest BCUT2D eigenvalue weighted by molar-refractivity contribution is 0.0272. The third kappa shape index (κ3) is 6.18. The second kappa shape index (κ2) is 11.6. The first-order valence-electron chi connectivity index (χ1n) is 14.1. The van der Waals surface area contributed by atoms with Crippen molar-refractivity contribution in [1.29, 1.82) is 0 Å². The van der Waals surface area contributed by atoms with Gasteiger partial charge in [-0.15, -0.1) is 11.3 Å². The topological polar surface area (TPSA) is 116 Å². The molecule has 0 aliphatic carbocycles. The van der Waals surface area contributed by atoms with Gasteiger partial charge in [0.15, 0.2) is 11.5 Å². The van der Waals surface area contributed by atoms with Crippen molar-refractivity contribution < 1.29 is 19.1 Å². The largest absolute Gasteiger partial charge is 0.462 e. The first kappa shape index (κ1) is 29.3. The maximum Gasteiger partial charge on any atom is 0.410 e. The molecule has 0 saturated heterocycles. The summed E-state index contributed by atoms with van der Waals surface area (Å²) in [6, 6.07) is 1.97. The maximum atomic E-state index is 12.9. The van der Waals surface area contributed by atoms with E-state index in [1.165, 1.54) is 11.3 Å². The van der Waals surface area contributed by atoms with E-state index < -0.39 is 5.60 Å². The van der Waals surface area contributed by atoms with Gasteiger partial charge in [0.2, 0.25) is 0 Å². The van der Waals surface area contributed by atoms with Gasteiger partial charge in [0.1, 0.15) is 10.5 Å². The van der Waals surface area contributed by atoms with Gasteiger partial charge in [-0.1, -0.05) is 19.9 Å². The first-order valence-corrected chi connectivity index (χ1v) is 14.9. The number of fused-ring (bicyclic) bond motifs is 1. The Morgan fingerprint density at radius 3 is 2.64 bits per heavy atom. The smallest absolute Gasteiger partial charge is 0.410 e. The second-order valence-corrected chi connectivity index (χ2v) is 12.6. The SMILES string of the molecule is CCOC(=O)c1sc(Nc2nc(C3=CCCN(C(=O)OC(C)(C)C)C3)cn3c(-c4cnn(C)c4)cnc23)cc1C(C)C. The first-order chi connectivity index (χ1) is 19.9. The van der Waals surface area contributed by atoms with Crippen LogP contribution in [-0.4, -0.2) is 66.4 Å². The van der Waals surface area contributed by atoms with Crippen molar-refractivity contribution in [3.8, 4) is 11.3 Å². The third-order valence-electron chi connectivity index (χ3n) is 6.71. The molecule has 0 spiro atoms. The van der Waals surface area contributed by atoms with Crippen molar-refractivity contribution in [3.63, 3.8) is 0 Å². The number of carbonyl (C=O) groups is 2. The summed E-state index contributed by atoms with van der Waals surface area (Å²) in [5.74, 6) is 0.329. The molecule has 42 heavy (non-hydrogen) atoms. The quantitative estimate of drug-likeness (QED) is 0.251. The van der Waals surface area contributed by atoms with E-state index in [0.717, 1.165) is 27.4 Å². The van der Waals surface area contributed by atoms with Crippen LogP contribution in [0.3, 0.4) is 0 Å². The molecule has 11 nitrogen and oxygen atoms in total. The van der Waals surface area contributed by atoms with Gasteiger partial charge in [-0.3, -0.25) is 9.08 Å². The third-order valence-corrected chi connectivity index (χ3v) is 7.76. The number of hydrogen-bond acceptors (Lipinski definition) is 9. The van der Waals surface area contributed by atoms with Crippen molar-refractivity contribution in [2.45, 2.75) is 59.5 Å². The molecule has 1 aliphatic rings. The molecule has 4 aromatic rings. The van der Waals surface area contributed by atoms with Crippen LogP contribution in [-0.2, 0) is 16.5 Å². The predicted molar refractivity (Wildman–Crippen MR) is 163 cm³/mol. The summed E-state index contributed by atoms with van der Waals surface area (Å²) < 4.78 is 14.7. The number of aromatic nitrogens is 5. The Bertz CT molecular complexity index is 1660. The highest BCUT2D eigenvalue weighted by Crippen LogP contribution is 2.36. The van der Waals surface area contributed by atoms with Crippen LogP contribution in [0, 0.1) is 0 Å². The van der Waals surface area contributed by atoms with Crippen LogP contribution >= 0.6 is 11.3 Å². The average molecular weight is 592 g/mol. The van der Waals surface area contributed by atoms with Crippen molar-refractivity contribution in [3.05, 3.63) is 53.1 Å². The Morgan fingerprint density at radius 2 is 1.98 bits per heavy atom. The van der Waals surface area contributed by atoms with Crippen LogP contribution in [0.5, 0.6) is 0 Å². The van der Waals surface area contributed by atoms with Crippen LogP contribution in [0.25, 0.3) is 22.5 Å². The van der Waals surface area contributed by atoms with E-state index in [2.05, 4.69) is 16.5 Å². The zero-order valence-corrected chi connectivity index (χ0v) is 25.9. The number of ether oxygens (including phenoxy) is 2. The molecule has 5 heterocycles. The van der Waals surface area contributed by atoms with Gasteiger partial charge in [-0.2, -0.15) is 5.10 Å². The maximum absolute atomic E-state index is 12.9. The van der Waals surface area contributed by atoms with E-state index in [-0.39, 0.29) is 18.0 Å². The number of aryl methyl sites for hydroxylation is 1. The molecule has 0 unspecified atom stereocenters. The molecule has 4 aromatic heterocycles. The molecule has 0 saturated carbocycles. The fourth-order valence-electron chi connectivity index (χ4n) is 4.77. The highest BCUT2D eigenvalue weighted by Gasteiger charge is 2.27. The minimum absolute atomic E-state index is 0.130. The van der Waals surface area contributed by atoms with Crippen LogP contribution in [0.2, 0.25) is 0 Å². The van der Waals surface area contributed by atoms with Gasteiger partial charge < -0.3 is 19.7 Å². The molecule has 1 amide bonds. The molecule has 1 N–H and O–H groups in total. The monoisotopic (exact) mass is 591 g/mol. The number of nitrogens with zero attached hydrogens (tertiary/aromatic N) is 6. The van der Waals surface area contributed by atoms with Gasteiger partial charge in [0, 0.05) is 31.5 Å². The molecule has 0 aromatic carbocycles.